The first-order chi connectivity index (χ1) is 15.0. The van der Waals surface area contributed by atoms with Gasteiger partial charge in [-0.05, 0) is 30.7 Å². The molecule has 1 fully saturated rings. The standard InChI is InChI=1S/C21H24N4O4S2/c26-18-11-14-25(31(27,28)19-9-5-15-30-19)13-4-8-17(10-12-22-18)21-23-20(24-29-21)16-6-2-1-3-7-16/h1-3,5-7,9,15,17H,4,8,10-14H2,(H,22,26). The Morgan fingerprint density at radius 1 is 1.10 bits per heavy atom. The second-order valence-corrected chi connectivity index (χ2v) is 10.5. The van der Waals surface area contributed by atoms with Crippen LogP contribution in [0.25, 0.3) is 11.4 Å². The molecule has 1 N–H and O–H groups in total. The number of nitrogens with one attached hydrogen (secondary N) is 1. The molecule has 3 heterocycles. The zero-order chi connectivity index (χ0) is 21.7. The van der Waals surface area contributed by atoms with Gasteiger partial charge in [0, 0.05) is 37.5 Å². The van der Waals surface area contributed by atoms with Crippen LogP contribution in [-0.4, -0.2) is 48.4 Å². The van der Waals surface area contributed by atoms with Gasteiger partial charge in [-0.3, -0.25) is 4.79 Å². The highest BCUT2D eigenvalue weighted by molar-refractivity contribution is 7.91. The largest absolute Gasteiger partial charge is 0.356 e. The molecule has 10 heteroatoms. The van der Waals surface area contributed by atoms with Crippen LogP contribution in [-0.2, 0) is 14.8 Å². The van der Waals surface area contributed by atoms with Crippen LogP contribution in [0.1, 0.15) is 37.5 Å². The lowest BCUT2D eigenvalue weighted by molar-refractivity contribution is -0.121. The van der Waals surface area contributed by atoms with Gasteiger partial charge >= 0.3 is 0 Å². The molecule has 1 aliphatic rings. The quantitative estimate of drug-likeness (QED) is 0.641. The Bertz CT molecular complexity index is 1100. The van der Waals surface area contributed by atoms with Gasteiger partial charge in [-0.2, -0.15) is 9.29 Å². The minimum atomic E-state index is -3.62. The van der Waals surface area contributed by atoms with E-state index in [1.54, 1.807) is 17.5 Å². The Morgan fingerprint density at radius 3 is 2.71 bits per heavy atom. The number of aromatic nitrogens is 2. The number of carbonyl (C=O) groups excluding carboxylic acids is 1. The fraction of sp³-hybridized carbons (Fsp3) is 0.381. The average molecular weight is 461 g/mol. The summed E-state index contributed by atoms with van der Waals surface area (Å²) >= 11 is 1.18. The van der Waals surface area contributed by atoms with Crippen molar-refractivity contribution in [2.24, 2.45) is 0 Å². The van der Waals surface area contributed by atoms with E-state index in [0.29, 0.717) is 48.3 Å². The summed E-state index contributed by atoms with van der Waals surface area (Å²) in [5.74, 6) is 0.813. The van der Waals surface area contributed by atoms with E-state index < -0.39 is 10.0 Å². The summed E-state index contributed by atoms with van der Waals surface area (Å²) < 4.78 is 33.2. The van der Waals surface area contributed by atoms with Crippen LogP contribution in [0.2, 0.25) is 0 Å². The number of carbonyl (C=O) groups is 1. The molecule has 4 rings (SSSR count). The summed E-state index contributed by atoms with van der Waals surface area (Å²) in [6, 6.07) is 12.9. The zero-order valence-corrected chi connectivity index (χ0v) is 18.6. The molecule has 0 radical (unpaired) electrons. The number of benzene rings is 1. The van der Waals surface area contributed by atoms with Crippen molar-refractivity contribution < 1.29 is 17.7 Å². The van der Waals surface area contributed by atoms with Gasteiger partial charge in [-0.25, -0.2) is 8.42 Å². The molecule has 31 heavy (non-hydrogen) atoms. The Labute approximate surface area is 185 Å². The van der Waals surface area contributed by atoms with E-state index >= 15 is 0 Å². The predicted octanol–water partition coefficient (Wildman–Crippen LogP) is 3.26. The third-order valence-corrected chi connectivity index (χ3v) is 8.55. The molecule has 1 unspecified atom stereocenters. The van der Waals surface area contributed by atoms with Crippen molar-refractivity contribution in [3.8, 4) is 11.4 Å². The maximum absolute atomic E-state index is 13.0. The van der Waals surface area contributed by atoms with Gasteiger partial charge in [-0.1, -0.05) is 41.6 Å². The molecular formula is C21H24N4O4S2. The normalized spacial score (nSPS) is 19.5. The number of nitrogens with zero attached hydrogens (tertiary/aromatic N) is 3. The van der Waals surface area contributed by atoms with E-state index in [-0.39, 0.29) is 24.8 Å². The molecule has 3 aromatic rings. The van der Waals surface area contributed by atoms with Crippen molar-refractivity contribution in [2.75, 3.05) is 19.6 Å². The van der Waals surface area contributed by atoms with E-state index in [4.69, 9.17) is 4.52 Å². The third-order valence-electron chi connectivity index (χ3n) is 5.28. The molecule has 1 aromatic carbocycles. The molecule has 1 aliphatic heterocycles. The van der Waals surface area contributed by atoms with Crippen molar-refractivity contribution in [1.29, 1.82) is 0 Å². The summed E-state index contributed by atoms with van der Waals surface area (Å²) in [6.45, 7) is 0.976. The summed E-state index contributed by atoms with van der Waals surface area (Å²) in [7, 11) is -3.62. The van der Waals surface area contributed by atoms with Crippen LogP contribution in [0, 0.1) is 0 Å². The highest BCUT2D eigenvalue weighted by atomic mass is 32.2. The summed E-state index contributed by atoms with van der Waals surface area (Å²) in [5.41, 5.74) is 0.871. The maximum atomic E-state index is 13.0. The molecular weight excluding hydrogens is 436 g/mol. The van der Waals surface area contributed by atoms with Crippen molar-refractivity contribution in [1.82, 2.24) is 19.8 Å². The summed E-state index contributed by atoms with van der Waals surface area (Å²) in [4.78, 5) is 16.8. The first-order valence-corrected chi connectivity index (χ1v) is 12.6. The number of thiophene rings is 1. The van der Waals surface area contributed by atoms with Gasteiger partial charge in [-0.15, -0.1) is 11.3 Å². The fourth-order valence-corrected chi connectivity index (χ4v) is 6.22. The van der Waals surface area contributed by atoms with Gasteiger partial charge < -0.3 is 9.84 Å². The number of sulfonamides is 1. The Kier molecular flexibility index (Phi) is 6.79. The lowest BCUT2D eigenvalue weighted by Crippen LogP contribution is -2.35. The SMILES string of the molecule is O=C1CCN(S(=O)(=O)c2cccs2)CCCC(c2nc(-c3ccccc3)no2)CCN1. The Morgan fingerprint density at radius 2 is 1.94 bits per heavy atom. The molecule has 0 bridgehead atoms. The number of rotatable bonds is 4. The highest BCUT2D eigenvalue weighted by Crippen LogP contribution is 2.28. The van der Waals surface area contributed by atoms with Crippen molar-refractivity contribution in [3.05, 3.63) is 53.7 Å². The first kappa shape index (κ1) is 21.7. The second kappa shape index (κ2) is 9.71. The van der Waals surface area contributed by atoms with E-state index in [9.17, 15) is 13.2 Å². The number of hydrogen-bond donors (Lipinski definition) is 1. The predicted molar refractivity (Wildman–Crippen MR) is 117 cm³/mol. The first-order valence-electron chi connectivity index (χ1n) is 10.2. The van der Waals surface area contributed by atoms with Crippen molar-refractivity contribution in [2.45, 2.75) is 35.8 Å². The van der Waals surface area contributed by atoms with Gasteiger partial charge in [0.05, 0.1) is 0 Å². The number of amides is 1. The van der Waals surface area contributed by atoms with E-state index in [1.807, 2.05) is 30.3 Å². The van der Waals surface area contributed by atoms with E-state index in [2.05, 4.69) is 15.5 Å². The molecule has 164 valence electrons. The monoisotopic (exact) mass is 460 g/mol. The molecule has 1 saturated heterocycles. The molecule has 0 saturated carbocycles. The molecule has 1 amide bonds. The van der Waals surface area contributed by atoms with E-state index in [0.717, 1.165) is 5.56 Å². The summed E-state index contributed by atoms with van der Waals surface area (Å²) in [5, 5.41) is 8.72. The van der Waals surface area contributed by atoms with Crippen molar-refractivity contribution in [3.63, 3.8) is 0 Å². The lowest BCUT2D eigenvalue weighted by Gasteiger charge is -2.21. The van der Waals surface area contributed by atoms with Crippen LogP contribution in [0.15, 0.2) is 56.6 Å². The minimum Gasteiger partial charge on any atom is -0.356 e. The van der Waals surface area contributed by atoms with Gasteiger partial charge in [0.15, 0.2) is 0 Å². The summed E-state index contributed by atoms with van der Waals surface area (Å²) in [6.07, 6.45) is 2.10. The number of hydrogen-bond acceptors (Lipinski definition) is 7. The lowest BCUT2D eigenvalue weighted by atomic mass is 9.99. The van der Waals surface area contributed by atoms with Crippen LogP contribution >= 0.6 is 11.3 Å². The molecule has 2 aromatic heterocycles. The van der Waals surface area contributed by atoms with Gasteiger partial charge in [0.25, 0.3) is 10.0 Å². The maximum Gasteiger partial charge on any atom is 0.252 e. The topological polar surface area (TPSA) is 105 Å². The average Bonchev–Trinajstić information content (AvgIpc) is 3.47. The van der Waals surface area contributed by atoms with Crippen LogP contribution in [0.3, 0.4) is 0 Å². The van der Waals surface area contributed by atoms with Crippen LogP contribution < -0.4 is 5.32 Å². The molecule has 8 nitrogen and oxygen atoms in total. The van der Waals surface area contributed by atoms with Gasteiger partial charge in [0.1, 0.15) is 4.21 Å². The third kappa shape index (κ3) is 5.20. The van der Waals surface area contributed by atoms with Crippen LogP contribution in [0.5, 0.6) is 0 Å². The van der Waals surface area contributed by atoms with Gasteiger partial charge in [0.2, 0.25) is 17.6 Å². The second-order valence-electron chi connectivity index (χ2n) is 7.39. The fourth-order valence-electron chi connectivity index (χ4n) is 3.60. The Balaban J connectivity index is 1.51. The molecule has 0 aliphatic carbocycles. The van der Waals surface area contributed by atoms with Crippen LogP contribution in [0.4, 0.5) is 0 Å². The Hall–Kier alpha value is -2.56. The highest BCUT2D eigenvalue weighted by Gasteiger charge is 2.27. The molecule has 0 spiro atoms. The zero-order valence-electron chi connectivity index (χ0n) is 16.9. The smallest absolute Gasteiger partial charge is 0.252 e. The molecule has 1 atom stereocenters. The van der Waals surface area contributed by atoms with Crippen molar-refractivity contribution >= 4 is 27.3 Å². The van der Waals surface area contributed by atoms with E-state index in [1.165, 1.54) is 15.6 Å². The minimum absolute atomic E-state index is 0.0605.